The lowest BCUT2D eigenvalue weighted by Gasteiger charge is -2.33. The van der Waals surface area contributed by atoms with Crippen LogP contribution < -0.4 is 5.32 Å². The fourth-order valence-electron chi connectivity index (χ4n) is 2.18. The highest BCUT2D eigenvalue weighted by Crippen LogP contribution is 2.38. The van der Waals surface area contributed by atoms with Gasteiger partial charge in [-0.05, 0) is 38.3 Å². The maximum Gasteiger partial charge on any atom is 0.101 e. The van der Waals surface area contributed by atoms with Crippen molar-refractivity contribution in [2.75, 3.05) is 6.54 Å². The monoisotopic (exact) mass is 193 g/mol. The fraction of sp³-hybridized carbons (Fsp3) is 0.667. The summed E-state index contributed by atoms with van der Waals surface area (Å²) in [4.78, 5) is 0. The Kier molecular flexibility index (Phi) is 2.92. The zero-order valence-electron chi connectivity index (χ0n) is 9.05. The Labute approximate surface area is 85.7 Å². The molecule has 1 aromatic rings. The third kappa shape index (κ3) is 1.85. The molecule has 0 aliphatic heterocycles. The van der Waals surface area contributed by atoms with E-state index in [2.05, 4.69) is 18.3 Å². The van der Waals surface area contributed by atoms with Crippen LogP contribution in [0.4, 0.5) is 0 Å². The summed E-state index contributed by atoms with van der Waals surface area (Å²) in [5.74, 6) is 1.84. The Bertz CT molecular complexity index is 288. The van der Waals surface area contributed by atoms with E-state index < -0.39 is 0 Å². The second kappa shape index (κ2) is 4.18. The zero-order chi connectivity index (χ0) is 9.97. The molecule has 1 aliphatic rings. The fourth-order valence-corrected chi connectivity index (χ4v) is 2.18. The average molecular weight is 193 g/mol. The summed E-state index contributed by atoms with van der Waals surface area (Å²) in [6.45, 7) is 5.21. The van der Waals surface area contributed by atoms with Crippen LogP contribution in [0.5, 0.6) is 0 Å². The normalized spacial score (nSPS) is 19.3. The van der Waals surface area contributed by atoms with Crippen LogP contribution in [0.15, 0.2) is 16.7 Å². The van der Waals surface area contributed by atoms with Crippen LogP contribution in [0.3, 0.4) is 0 Å². The van der Waals surface area contributed by atoms with Crippen LogP contribution in [0.25, 0.3) is 0 Å². The summed E-state index contributed by atoms with van der Waals surface area (Å²) in [5, 5.41) is 3.55. The molecule has 0 spiro atoms. The van der Waals surface area contributed by atoms with E-state index in [1.165, 1.54) is 24.8 Å². The van der Waals surface area contributed by atoms with Gasteiger partial charge in [-0.25, -0.2) is 0 Å². The molecule has 2 nitrogen and oxygen atoms in total. The van der Waals surface area contributed by atoms with Gasteiger partial charge in [0.25, 0.3) is 0 Å². The minimum absolute atomic E-state index is 0.520. The number of hydrogen-bond donors (Lipinski definition) is 1. The Morgan fingerprint density at radius 2 is 2.36 bits per heavy atom. The van der Waals surface area contributed by atoms with Gasteiger partial charge in [0, 0.05) is 11.6 Å². The van der Waals surface area contributed by atoms with Crippen LogP contribution in [-0.2, 0) is 0 Å². The Morgan fingerprint density at radius 1 is 1.57 bits per heavy atom. The molecule has 14 heavy (non-hydrogen) atoms. The zero-order valence-corrected chi connectivity index (χ0v) is 9.05. The molecule has 2 rings (SSSR count). The van der Waals surface area contributed by atoms with E-state index in [1.807, 2.05) is 13.2 Å². The first-order valence-electron chi connectivity index (χ1n) is 5.59. The van der Waals surface area contributed by atoms with Gasteiger partial charge in [-0.3, -0.25) is 0 Å². The van der Waals surface area contributed by atoms with Crippen molar-refractivity contribution in [3.05, 3.63) is 23.7 Å². The molecule has 1 aliphatic carbocycles. The SMILES string of the molecule is CCNC(c1coc(C)c1)C1CCC1. The van der Waals surface area contributed by atoms with Crippen molar-refractivity contribution < 1.29 is 4.42 Å². The highest BCUT2D eigenvalue weighted by molar-refractivity contribution is 5.18. The Hall–Kier alpha value is -0.760. The molecule has 1 atom stereocenters. The molecule has 0 aromatic carbocycles. The number of rotatable bonds is 4. The first kappa shape index (κ1) is 9.78. The molecule has 0 saturated heterocycles. The molecular formula is C12H19NO. The van der Waals surface area contributed by atoms with Crippen LogP contribution in [-0.4, -0.2) is 6.54 Å². The third-order valence-corrected chi connectivity index (χ3v) is 3.16. The lowest BCUT2D eigenvalue weighted by Crippen LogP contribution is -2.31. The van der Waals surface area contributed by atoms with Gasteiger partial charge in [0.15, 0.2) is 0 Å². The standard InChI is InChI=1S/C12H19NO/c1-3-13-12(10-5-4-6-10)11-7-9(2)14-8-11/h7-8,10,12-13H,3-6H2,1-2H3. The van der Waals surface area contributed by atoms with Gasteiger partial charge < -0.3 is 9.73 Å². The molecule has 1 saturated carbocycles. The van der Waals surface area contributed by atoms with Crippen LogP contribution in [0.2, 0.25) is 0 Å². The van der Waals surface area contributed by atoms with Gasteiger partial charge in [0.2, 0.25) is 0 Å². The van der Waals surface area contributed by atoms with Crippen LogP contribution >= 0.6 is 0 Å². The van der Waals surface area contributed by atoms with Gasteiger partial charge >= 0.3 is 0 Å². The van der Waals surface area contributed by atoms with Gasteiger partial charge in [-0.2, -0.15) is 0 Å². The first-order chi connectivity index (χ1) is 6.81. The summed E-state index contributed by atoms with van der Waals surface area (Å²) in [7, 11) is 0. The summed E-state index contributed by atoms with van der Waals surface area (Å²) < 4.78 is 5.37. The van der Waals surface area contributed by atoms with E-state index in [-0.39, 0.29) is 0 Å². The molecule has 78 valence electrons. The van der Waals surface area contributed by atoms with Crippen molar-refractivity contribution in [1.82, 2.24) is 5.32 Å². The molecule has 1 N–H and O–H groups in total. The number of nitrogens with one attached hydrogen (secondary N) is 1. The lowest BCUT2D eigenvalue weighted by molar-refractivity contribution is 0.232. The van der Waals surface area contributed by atoms with E-state index in [4.69, 9.17) is 4.42 Å². The molecular weight excluding hydrogens is 174 g/mol. The maximum absolute atomic E-state index is 5.37. The predicted octanol–water partition coefficient (Wildman–Crippen LogP) is 3.04. The van der Waals surface area contributed by atoms with Crippen molar-refractivity contribution in [2.24, 2.45) is 5.92 Å². The molecule has 1 aromatic heterocycles. The van der Waals surface area contributed by atoms with E-state index >= 15 is 0 Å². The lowest BCUT2D eigenvalue weighted by atomic mass is 9.77. The predicted molar refractivity (Wildman–Crippen MR) is 57.2 cm³/mol. The van der Waals surface area contributed by atoms with E-state index in [1.54, 1.807) is 0 Å². The van der Waals surface area contributed by atoms with E-state index in [0.717, 1.165) is 18.2 Å². The molecule has 1 fully saturated rings. The molecule has 2 heteroatoms. The number of hydrogen-bond acceptors (Lipinski definition) is 2. The molecule has 0 radical (unpaired) electrons. The molecule has 0 amide bonds. The van der Waals surface area contributed by atoms with E-state index in [9.17, 15) is 0 Å². The van der Waals surface area contributed by atoms with Crippen molar-refractivity contribution in [1.29, 1.82) is 0 Å². The van der Waals surface area contributed by atoms with Crippen molar-refractivity contribution in [3.63, 3.8) is 0 Å². The van der Waals surface area contributed by atoms with Gasteiger partial charge in [0.1, 0.15) is 5.76 Å². The van der Waals surface area contributed by atoms with Crippen LogP contribution in [0, 0.1) is 12.8 Å². The van der Waals surface area contributed by atoms with Gasteiger partial charge in [-0.1, -0.05) is 13.3 Å². The van der Waals surface area contributed by atoms with E-state index in [0.29, 0.717) is 6.04 Å². The second-order valence-electron chi connectivity index (χ2n) is 4.22. The molecule has 1 unspecified atom stereocenters. The number of aryl methyl sites for hydroxylation is 1. The Balaban J connectivity index is 2.09. The Morgan fingerprint density at radius 3 is 2.79 bits per heavy atom. The van der Waals surface area contributed by atoms with Gasteiger partial charge in [0.05, 0.1) is 6.26 Å². The summed E-state index contributed by atoms with van der Waals surface area (Å²) in [5.41, 5.74) is 1.33. The first-order valence-corrected chi connectivity index (χ1v) is 5.59. The summed E-state index contributed by atoms with van der Waals surface area (Å²) in [6, 6.07) is 2.68. The molecule has 1 heterocycles. The maximum atomic E-state index is 5.37. The topological polar surface area (TPSA) is 25.2 Å². The quantitative estimate of drug-likeness (QED) is 0.795. The summed E-state index contributed by atoms with van der Waals surface area (Å²) >= 11 is 0. The minimum Gasteiger partial charge on any atom is -0.469 e. The average Bonchev–Trinajstić information content (AvgIpc) is 2.48. The summed E-state index contributed by atoms with van der Waals surface area (Å²) in [6.07, 6.45) is 6.02. The smallest absolute Gasteiger partial charge is 0.101 e. The largest absolute Gasteiger partial charge is 0.469 e. The molecule has 0 bridgehead atoms. The highest BCUT2D eigenvalue weighted by atomic mass is 16.3. The van der Waals surface area contributed by atoms with Gasteiger partial charge in [-0.15, -0.1) is 0 Å². The second-order valence-corrected chi connectivity index (χ2v) is 4.22. The number of furan rings is 1. The highest BCUT2D eigenvalue weighted by Gasteiger charge is 2.28. The third-order valence-electron chi connectivity index (χ3n) is 3.16. The van der Waals surface area contributed by atoms with Crippen LogP contribution in [0.1, 0.15) is 43.6 Å². The van der Waals surface area contributed by atoms with Crippen molar-refractivity contribution in [3.8, 4) is 0 Å². The minimum atomic E-state index is 0.520. The van der Waals surface area contributed by atoms with Crippen molar-refractivity contribution >= 4 is 0 Å². The van der Waals surface area contributed by atoms with Crippen molar-refractivity contribution in [2.45, 2.75) is 39.2 Å².